The van der Waals surface area contributed by atoms with Crippen LogP contribution in [0.1, 0.15) is 60.5 Å². The summed E-state index contributed by atoms with van der Waals surface area (Å²) in [5.41, 5.74) is 1.85. The van der Waals surface area contributed by atoms with Gasteiger partial charge in [0.2, 0.25) is 0 Å². The zero-order chi connectivity index (χ0) is 26.8. The van der Waals surface area contributed by atoms with Gasteiger partial charge in [0.25, 0.3) is 5.56 Å². The van der Waals surface area contributed by atoms with Crippen LogP contribution in [-0.4, -0.2) is 37.2 Å². The molecule has 9 nitrogen and oxygen atoms in total. The number of nitrogens with one attached hydrogen (secondary N) is 1. The van der Waals surface area contributed by atoms with Crippen LogP contribution in [0.2, 0.25) is 0 Å². The van der Waals surface area contributed by atoms with Gasteiger partial charge in [-0.05, 0) is 77.4 Å². The Bertz CT molecular complexity index is 1610. The van der Waals surface area contributed by atoms with Crippen LogP contribution in [0.25, 0.3) is 10.9 Å². The van der Waals surface area contributed by atoms with E-state index in [0.29, 0.717) is 35.7 Å². The summed E-state index contributed by atoms with van der Waals surface area (Å²) in [5, 5.41) is 13.8. The summed E-state index contributed by atoms with van der Waals surface area (Å²) in [6.45, 7) is 0.779. The fourth-order valence-electron chi connectivity index (χ4n) is 5.49. The first kappa shape index (κ1) is 25.0. The predicted molar refractivity (Wildman–Crippen MR) is 143 cm³/mol. The molecule has 5 aromatic rings. The van der Waals surface area contributed by atoms with Crippen LogP contribution in [0.5, 0.6) is 5.75 Å². The molecule has 0 spiro atoms. The summed E-state index contributed by atoms with van der Waals surface area (Å²) in [6.07, 6.45) is 5.80. The predicted octanol–water partition coefficient (Wildman–Crippen LogP) is 5.16. The standard InChI is InChI=1S/C29H29FN6O3/c1-38-23-12-13-26-20(15-23)16-25(29(37)31-26)27(28-32-33-34-36(28)22-5-2-3-6-22)35(18-24-7-4-14-39-24)17-19-8-10-21(30)11-9-19/h4,7-16,22,27H,2-3,5-6,17-18H2,1H3,(H,31,37). The van der Waals surface area contributed by atoms with Crippen molar-refractivity contribution < 1.29 is 13.5 Å². The number of furan rings is 1. The number of H-pyrrole nitrogens is 1. The van der Waals surface area contributed by atoms with Gasteiger partial charge in [0.1, 0.15) is 23.4 Å². The molecule has 0 bridgehead atoms. The second-order valence-corrected chi connectivity index (χ2v) is 9.94. The van der Waals surface area contributed by atoms with Crippen molar-refractivity contribution in [3.05, 3.63) is 106 Å². The van der Waals surface area contributed by atoms with E-state index in [4.69, 9.17) is 9.15 Å². The highest BCUT2D eigenvalue weighted by molar-refractivity contribution is 5.80. The largest absolute Gasteiger partial charge is 0.497 e. The van der Waals surface area contributed by atoms with Crippen LogP contribution in [0.15, 0.2) is 76.1 Å². The van der Waals surface area contributed by atoms with E-state index < -0.39 is 6.04 Å². The molecule has 6 rings (SSSR count). The maximum Gasteiger partial charge on any atom is 0.253 e. The lowest BCUT2D eigenvalue weighted by atomic mass is 10.0. The molecular weight excluding hydrogens is 499 g/mol. The summed E-state index contributed by atoms with van der Waals surface area (Å²) in [7, 11) is 1.61. The minimum Gasteiger partial charge on any atom is -0.497 e. The van der Waals surface area contributed by atoms with E-state index in [1.54, 1.807) is 25.5 Å². The molecule has 3 heterocycles. The molecule has 0 radical (unpaired) electrons. The van der Waals surface area contributed by atoms with Crippen molar-refractivity contribution in [2.45, 2.75) is 50.9 Å². The number of methoxy groups -OCH3 is 1. The number of nitrogens with zero attached hydrogens (tertiary/aromatic N) is 5. The van der Waals surface area contributed by atoms with Crippen LogP contribution in [0.3, 0.4) is 0 Å². The highest BCUT2D eigenvalue weighted by atomic mass is 19.1. The zero-order valence-corrected chi connectivity index (χ0v) is 21.6. The first-order chi connectivity index (χ1) is 19.1. The van der Waals surface area contributed by atoms with Gasteiger partial charge < -0.3 is 14.1 Å². The van der Waals surface area contributed by atoms with Crippen molar-refractivity contribution in [2.75, 3.05) is 7.11 Å². The van der Waals surface area contributed by atoms with Gasteiger partial charge in [-0.15, -0.1) is 5.10 Å². The highest BCUT2D eigenvalue weighted by Crippen LogP contribution is 2.35. The van der Waals surface area contributed by atoms with Gasteiger partial charge in [0.05, 0.1) is 26.0 Å². The minimum absolute atomic E-state index is 0.161. The maximum absolute atomic E-state index is 13.8. The Morgan fingerprint density at radius 1 is 1.13 bits per heavy atom. The molecule has 2 aromatic carbocycles. The van der Waals surface area contributed by atoms with Crippen molar-refractivity contribution in [1.29, 1.82) is 0 Å². The Labute approximate surface area is 224 Å². The lowest BCUT2D eigenvalue weighted by Gasteiger charge is -2.31. The summed E-state index contributed by atoms with van der Waals surface area (Å²) in [5.74, 6) is 1.69. The second kappa shape index (κ2) is 10.8. The SMILES string of the molecule is COc1ccc2[nH]c(=O)c(C(c3nnnn3C3CCCC3)N(Cc3ccc(F)cc3)Cc3ccco3)cc2c1. The Kier molecular flexibility index (Phi) is 6.93. The van der Waals surface area contributed by atoms with Gasteiger partial charge in [-0.25, -0.2) is 9.07 Å². The van der Waals surface area contributed by atoms with Gasteiger partial charge in [-0.3, -0.25) is 9.69 Å². The van der Waals surface area contributed by atoms with Crippen LogP contribution in [0.4, 0.5) is 4.39 Å². The van der Waals surface area contributed by atoms with Crippen molar-refractivity contribution in [1.82, 2.24) is 30.1 Å². The molecule has 1 fully saturated rings. The first-order valence-corrected chi connectivity index (χ1v) is 13.1. The number of fused-ring (bicyclic) bond motifs is 1. The molecule has 1 atom stereocenters. The first-order valence-electron chi connectivity index (χ1n) is 13.1. The third kappa shape index (κ3) is 5.20. The second-order valence-electron chi connectivity index (χ2n) is 9.94. The van der Waals surface area contributed by atoms with Crippen LogP contribution < -0.4 is 10.3 Å². The zero-order valence-electron chi connectivity index (χ0n) is 21.6. The quantitative estimate of drug-likeness (QED) is 0.282. The Morgan fingerprint density at radius 3 is 2.69 bits per heavy atom. The number of hydrogen-bond acceptors (Lipinski definition) is 7. The third-order valence-electron chi connectivity index (χ3n) is 7.41. The molecule has 0 amide bonds. The maximum atomic E-state index is 13.8. The van der Waals surface area contributed by atoms with Crippen LogP contribution in [0, 0.1) is 5.82 Å². The lowest BCUT2D eigenvalue weighted by Crippen LogP contribution is -2.35. The van der Waals surface area contributed by atoms with E-state index >= 15 is 0 Å². The smallest absolute Gasteiger partial charge is 0.253 e. The van der Waals surface area contributed by atoms with Crippen molar-refractivity contribution in [2.24, 2.45) is 0 Å². The van der Waals surface area contributed by atoms with Gasteiger partial charge in [0.15, 0.2) is 5.82 Å². The number of hydrogen-bond donors (Lipinski definition) is 1. The molecule has 0 aliphatic heterocycles. The van der Waals surface area contributed by atoms with Crippen molar-refractivity contribution >= 4 is 10.9 Å². The monoisotopic (exact) mass is 528 g/mol. The fourth-order valence-corrected chi connectivity index (χ4v) is 5.49. The Hall–Kier alpha value is -4.31. The number of benzene rings is 2. The van der Waals surface area contributed by atoms with E-state index in [1.165, 1.54) is 12.1 Å². The average Bonchev–Trinajstić information content (AvgIpc) is 3.73. The molecular formula is C29H29FN6O3. The molecule has 200 valence electrons. The number of aromatic amines is 1. The van der Waals surface area contributed by atoms with Gasteiger partial charge in [-0.1, -0.05) is 25.0 Å². The third-order valence-corrected chi connectivity index (χ3v) is 7.41. The molecule has 1 unspecified atom stereocenters. The van der Waals surface area contributed by atoms with Crippen molar-refractivity contribution in [3.63, 3.8) is 0 Å². The number of pyridine rings is 1. The molecule has 3 aromatic heterocycles. The summed E-state index contributed by atoms with van der Waals surface area (Å²) in [6, 6.07) is 17.1. The van der Waals surface area contributed by atoms with E-state index in [2.05, 4.69) is 25.4 Å². The Morgan fingerprint density at radius 2 is 1.95 bits per heavy atom. The summed E-state index contributed by atoms with van der Waals surface area (Å²) in [4.78, 5) is 18.8. The van der Waals surface area contributed by atoms with Crippen molar-refractivity contribution in [3.8, 4) is 5.75 Å². The fraction of sp³-hybridized carbons (Fsp3) is 0.310. The average molecular weight is 529 g/mol. The number of aromatic nitrogens is 5. The number of rotatable bonds is 9. The van der Waals surface area contributed by atoms with E-state index in [-0.39, 0.29) is 17.4 Å². The normalized spacial score (nSPS) is 14.8. The molecule has 1 aliphatic rings. The lowest BCUT2D eigenvalue weighted by molar-refractivity contribution is 0.176. The van der Waals surface area contributed by atoms with Gasteiger partial charge >= 0.3 is 0 Å². The van der Waals surface area contributed by atoms with Crippen LogP contribution >= 0.6 is 0 Å². The topological polar surface area (TPSA) is 102 Å². The van der Waals surface area contributed by atoms with Gasteiger partial charge in [0, 0.05) is 23.0 Å². The van der Waals surface area contributed by atoms with Gasteiger partial charge in [-0.2, -0.15) is 0 Å². The van der Waals surface area contributed by atoms with E-state index in [1.807, 2.05) is 41.1 Å². The minimum atomic E-state index is -0.616. The molecule has 0 saturated heterocycles. The van der Waals surface area contributed by atoms with Crippen LogP contribution in [-0.2, 0) is 13.1 Å². The van der Waals surface area contributed by atoms with E-state index in [9.17, 15) is 9.18 Å². The summed E-state index contributed by atoms with van der Waals surface area (Å²) < 4.78 is 26.8. The summed E-state index contributed by atoms with van der Waals surface area (Å²) >= 11 is 0. The number of ether oxygens (including phenoxy) is 1. The number of halogens is 1. The number of tetrazole rings is 1. The molecule has 1 N–H and O–H groups in total. The Balaban J connectivity index is 1.53. The molecule has 1 aliphatic carbocycles. The highest BCUT2D eigenvalue weighted by Gasteiger charge is 2.34. The molecule has 10 heteroatoms. The molecule has 1 saturated carbocycles. The van der Waals surface area contributed by atoms with E-state index in [0.717, 1.165) is 42.4 Å². The molecule has 39 heavy (non-hydrogen) atoms.